The van der Waals surface area contributed by atoms with E-state index >= 15 is 0 Å². The summed E-state index contributed by atoms with van der Waals surface area (Å²) in [6.07, 6.45) is 6.13. The van der Waals surface area contributed by atoms with Crippen molar-refractivity contribution >= 4 is 5.91 Å². The van der Waals surface area contributed by atoms with Crippen molar-refractivity contribution in [2.45, 2.75) is 57.1 Å². The van der Waals surface area contributed by atoms with E-state index in [0.717, 1.165) is 38.9 Å². The summed E-state index contributed by atoms with van der Waals surface area (Å²) in [5.74, 6) is 0.271. The SMILES string of the molecule is CCN(C(=O)CC1(OC)CCC1)C1CCCNC1. The number of hydrogen-bond acceptors (Lipinski definition) is 3. The first-order chi connectivity index (χ1) is 8.71. The van der Waals surface area contributed by atoms with Crippen LogP contribution in [0.2, 0.25) is 0 Å². The molecule has 18 heavy (non-hydrogen) atoms. The van der Waals surface area contributed by atoms with Gasteiger partial charge < -0.3 is 15.0 Å². The highest BCUT2D eigenvalue weighted by Crippen LogP contribution is 2.38. The first-order valence-electron chi connectivity index (χ1n) is 7.26. The summed E-state index contributed by atoms with van der Waals surface area (Å²) in [5.41, 5.74) is -0.146. The lowest BCUT2D eigenvalue weighted by Gasteiger charge is -2.42. The van der Waals surface area contributed by atoms with Crippen molar-refractivity contribution in [3.05, 3.63) is 0 Å². The Kier molecular flexibility index (Phi) is 4.62. The van der Waals surface area contributed by atoms with Gasteiger partial charge in [-0.2, -0.15) is 0 Å². The van der Waals surface area contributed by atoms with Crippen molar-refractivity contribution in [2.75, 3.05) is 26.7 Å². The summed E-state index contributed by atoms with van der Waals surface area (Å²) in [5, 5.41) is 3.38. The number of piperidine rings is 1. The second-order valence-electron chi connectivity index (χ2n) is 5.60. The topological polar surface area (TPSA) is 41.6 Å². The number of carbonyl (C=O) groups is 1. The molecule has 1 aliphatic heterocycles. The molecule has 104 valence electrons. The standard InChI is InChI=1S/C14H26N2O2/c1-3-16(12-6-4-9-15-11-12)13(17)10-14(18-2)7-5-8-14/h12,15H,3-11H2,1-2H3. The van der Waals surface area contributed by atoms with Gasteiger partial charge >= 0.3 is 0 Å². The van der Waals surface area contributed by atoms with E-state index < -0.39 is 0 Å². The molecule has 1 amide bonds. The van der Waals surface area contributed by atoms with Gasteiger partial charge in [-0.1, -0.05) is 0 Å². The van der Waals surface area contributed by atoms with Crippen molar-refractivity contribution in [1.82, 2.24) is 10.2 Å². The van der Waals surface area contributed by atoms with Gasteiger partial charge in [0.2, 0.25) is 5.91 Å². The molecule has 4 heteroatoms. The Morgan fingerprint density at radius 2 is 2.22 bits per heavy atom. The zero-order chi connectivity index (χ0) is 13.0. The maximum atomic E-state index is 12.5. The van der Waals surface area contributed by atoms with Gasteiger partial charge in [0.15, 0.2) is 0 Å². The average Bonchev–Trinajstić information content (AvgIpc) is 2.36. The van der Waals surface area contributed by atoms with Crippen LogP contribution in [-0.2, 0) is 9.53 Å². The highest BCUT2D eigenvalue weighted by atomic mass is 16.5. The summed E-state index contributed by atoms with van der Waals surface area (Å²) >= 11 is 0. The lowest BCUT2D eigenvalue weighted by Crippen LogP contribution is -2.51. The van der Waals surface area contributed by atoms with Gasteiger partial charge in [0, 0.05) is 26.2 Å². The third-order valence-corrected chi connectivity index (χ3v) is 4.54. The number of amides is 1. The first-order valence-corrected chi connectivity index (χ1v) is 7.26. The van der Waals surface area contributed by atoms with Crippen LogP contribution in [0, 0.1) is 0 Å². The number of hydrogen-bond donors (Lipinski definition) is 1. The Balaban J connectivity index is 1.92. The third kappa shape index (κ3) is 2.86. The normalized spacial score (nSPS) is 26.4. The Bertz CT molecular complexity index is 278. The Morgan fingerprint density at radius 3 is 2.67 bits per heavy atom. The molecule has 4 nitrogen and oxygen atoms in total. The zero-order valence-corrected chi connectivity index (χ0v) is 11.7. The van der Waals surface area contributed by atoms with E-state index in [0.29, 0.717) is 12.5 Å². The number of ether oxygens (including phenoxy) is 1. The van der Waals surface area contributed by atoms with E-state index in [1.807, 2.05) is 4.90 Å². The lowest BCUT2D eigenvalue weighted by atomic mass is 9.77. The largest absolute Gasteiger partial charge is 0.378 e. The minimum atomic E-state index is -0.146. The minimum Gasteiger partial charge on any atom is -0.378 e. The molecule has 1 heterocycles. The second kappa shape index (κ2) is 6.02. The molecule has 2 aliphatic rings. The average molecular weight is 254 g/mol. The molecule has 0 radical (unpaired) electrons. The van der Waals surface area contributed by atoms with E-state index in [1.54, 1.807) is 7.11 Å². The second-order valence-corrected chi connectivity index (χ2v) is 5.60. The molecule has 0 spiro atoms. The molecule has 0 aromatic heterocycles. The number of methoxy groups -OCH3 is 1. The van der Waals surface area contributed by atoms with Crippen LogP contribution < -0.4 is 5.32 Å². The zero-order valence-electron chi connectivity index (χ0n) is 11.7. The molecular weight excluding hydrogens is 228 g/mol. The smallest absolute Gasteiger partial charge is 0.225 e. The van der Waals surface area contributed by atoms with Crippen molar-refractivity contribution in [1.29, 1.82) is 0 Å². The highest BCUT2D eigenvalue weighted by molar-refractivity contribution is 5.77. The van der Waals surface area contributed by atoms with Crippen molar-refractivity contribution in [3.63, 3.8) is 0 Å². The fourth-order valence-corrected chi connectivity index (χ4v) is 3.14. The van der Waals surface area contributed by atoms with Gasteiger partial charge in [0.1, 0.15) is 0 Å². The van der Waals surface area contributed by atoms with Crippen LogP contribution in [0.5, 0.6) is 0 Å². The maximum Gasteiger partial charge on any atom is 0.225 e. The quantitative estimate of drug-likeness (QED) is 0.809. The first kappa shape index (κ1) is 13.8. The fourth-order valence-electron chi connectivity index (χ4n) is 3.14. The van der Waals surface area contributed by atoms with Gasteiger partial charge in [-0.15, -0.1) is 0 Å². The van der Waals surface area contributed by atoms with Crippen LogP contribution in [0.1, 0.15) is 45.4 Å². The number of carbonyl (C=O) groups excluding carboxylic acids is 1. The van der Waals surface area contributed by atoms with Crippen LogP contribution >= 0.6 is 0 Å². The molecule has 0 aromatic rings. The summed E-state index contributed by atoms with van der Waals surface area (Å²) in [7, 11) is 1.74. The van der Waals surface area contributed by atoms with Gasteiger partial charge in [0.05, 0.1) is 12.0 Å². The van der Waals surface area contributed by atoms with E-state index in [-0.39, 0.29) is 11.5 Å². The van der Waals surface area contributed by atoms with E-state index in [1.165, 1.54) is 12.8 Å². The van der Waals surface area contributed by atoms with E-state index in [2.05, 4.69) is 12.2 Å². The molecule has 1 atom stereocenters. The van der Waals surface area contributed by atoms with Crippen LogP contribution in [0.25, 0.3) is 0 Å². The third-order valence-electron chi connectivity index (χ3n) is 4.54. The predicted octanol–water partition coefficient (Wildman–Crippen LogP) is 1.55. The predicted molar refractivity (Wildman–Crippen MR) is 71.5 cm³/mol. The highest BCUT2D eigenvalue weighted by Gasteiger charge is 2.40. The fraction of sp³-hybridized carbons (Fsp3) is 0.929. The Labute approximate surface area is 110 Å². The van der Waals surface area contributed by atoms with Crippen molar-refractivity contribution in [2.24, 2.45) is 0 Å². The van der Waals surface area contributed by atoms with Gasteiger partial charge in [-0.3, -0.25) is 4.79 Å². The lowest BCUT2D eigenvalue weighted by molar-refractivity contribution is -0.146. The minimum absolute atomic E-state index is 0.146. The van der Waals surface area contributed by atoms with Crippen LogP contribution in [-0.4, -0.2) is 49.2 Å². The molecular formula is C14H26N2O2. The molecule has 0 bridgehead atoms. The summed E-state index contributed by atoms with van der Waals surface area (Å²) in [4.78, 5) is 14.5. The van der Waals surface area contributed by atoms with Crippen LogP contribution in [0.3, 0.4) is 0 Å². The Hall–Kier alpha value is -0.610. The van der Waals surface area contributed by atoms with Crippen molar-refractivity contribution in [3.8, 4) is 0 Å². The number of nitrogens with zero attached hydrogens (tertiary/aromatic N) is 1. The van der Waals surface area contributed by atoms with E-state index in [9.17, 15) is 4.79 Å². The summed E-state index contributed by atoms with van der Waals surface area (Å²) in [6.45, 7) is 4.92. The summed E-state index contributed by atoms with van der Waals surface area (Å²) < 4.78 is 5.56. The van der Waals surface area contributed by atoms with Crippen molar-refractivity contribution < 1.29 is 9.53 Å². The number of nitrogens with one attached hydrogen (secondary N) is 1. The number of likely N-dealkylation sites (N-methyl/N-ethyl adjacent to an activating group) is 1. The van der Waals surface area contributed by atoms with Gasteiger partial charge in [-0.25, -0.2) is 0 Å². The summed E-state index contributed by atoms with van der Waals surface area (Å²) in [6, 6.07) is 0.380. The Morgan fingerprint density at radius 1 is 1.44 bits per heavy atom. The van der Waals surface area contributed by atoms with Crippen LogP contribution in [0.15, 0.2) is 0 Å². The van der Waals surface area contributed by atoms with Crippen LogP contribution in [0.4, 0.5) is 0 Å². The molecule has 2 rings (SSSR count). The van der Waals surface area contributed by atoms with E-state index in [4.69, 9.17) is 4.74 Å². The molecule has 2 fully saturated rings. The maximum absolute atomic E-state index is 12.5. The molecule has 1 N–H and O–H groups in total. The molecule has 0 aromatic carbocycles. The van der Waals surface area contributed by atoms with Gasteiger partial charge in [-0.05, 0) is 45.6 Å². The molecule has 1 saturated carbocycles. The molecule has 1 aliphatic carbocycles. The van der Waals surface area contributed by atoms with Gasteiger partial charge in [0.25, 0.3) is 0 Å². The number of rotatable bonds is 5. The molecule has 1 unspecified atom stereocenters. The monoisotopic (exact) mass is 254 g/mol. The molecule has 1 saturated heterocycles.